The summed E-state index contributed by atoms with van der Waals surface area (Å²) in [6, 6.07) is 1.92. The van der Waals surface area contributed by atoms with Crippen molar-refractivity contribution in [3.8, 4) is 0 Å². The molecule has 9 heavy (non-hydrogen) atoms. The van der Waals surface area contributed by atoms with Crippen molar-refractivity contribution in [2.24, 2.45) is 4.99 Å². The number of aryl methyl sites for hydroxylation is 1. The average molecular weight is 139 g/mol. The Morgan fingerprint density at radius 2 is 2.56 bits per heavy atom. The quantitative estimate of drug-likeness (QED) is 0.432. The zero-order valence-electron chi connectivity index (χ0n) is 4.92. The van der Waals surface area contributed by atoms with Gasteiger partial charge in [-0.15, -0.1) is 11.3 Å². The van der Waals surface area contributed by atoms with E-state index in [-0.39, 0.29) is 0 Å². The Hall–Kier alpha value is -0.920. The molecule has 0 amide bonds. The SMILES string of the molecule is Cc1ccsc1N=C=O. The molecule has 1 aromatic rings. The molecule has 0 aromatic carbocycles. The molecule has 46 valence electrons. The van der Waals surface area contributed by atoms with Gasteiger partial charge in [0.15, 0.2) is 0 Å². The van der Waals surface area contributed by atoms with Gasteiger partial charge in [-0.3, -0.25) is 0 Å². The van der Waals surface area contributed by atoms with Crippen LogP contribution in [0, 0.1) is 6.92 Å². The summed E-state index contributed by atoms with van der Waals surface area (Å²) in [7, 11) is 0. The van der Waals surface area contributed by atoms with E-state index in [1.54, 1.807) is 0 Å². The summed E-state index contributed by atoms with van der Waals surface area (Å²) in [6.45, 7) is 1.91. The maximum Gasteiger partial charge on any atom is 0.241 e. The fourth-order valence-corrected chi connectivity index (χ4v) is 1.27. The van der Waals surface area contributed by atoms with Gasteiger partial charge < -0.3 is 0 Å². The van der Waals surface area contributed by atoms with Gasteiger partial charge in [0.1, 0.15) is 5.00 Å². The van der Waals surface area contributed by atoms with Crippen LogP contribution < -0.4 is 0 Å². The summed E-state index contributed by atoms with van der Waals surface area (Å²) < 4.78 is 0. The number of carbonyl (C=O) groups excluding carboxylic acids is 1. The molecule has 1 aromatic heterocycles. The Bertz CT molecular complexity index is 247. The van der Waals surface area contributed by atoms with Crippen molar-refractivity contribution in [3.05, 3.63) is 17.0 Å². The Balaban J connectivity index is 3.07. The summed E-state index contributed by atoms with van der Waals surface area (Å²) in [5, 5.41) is 2.65. The van der Waals surface area contributed by atoms with Gasteiger partial charge in [-0.2, -0.15) is 4.99 Å². The molecular formula is C6H5NOS. The Kier molecular flexibility index (Phi) is 1.78. The van der Waals surface area contributed by atoms with Crippen LogP contribution in [0.25, 0.3) is 0 Å². The number of isocyanates is 1. The van der Waals surface area contributed by atoms with Crippen LogP contribution in [0.3, 0.4) is 0 Å². The van der Waals surface area contributed by atoms with Crippen LogP contribution >= 0.6 is 11.3 Å². The molecule has 0 aliphatic heterocycles. The monoisotopic (exact) mass is 139 g/mol. The minimum atomic E-state index is 0.755. The second-order valence-electron chi connectivity index (χ2n) is 1.61. The average Bonchev–Trinajstić information content (AvgIpc) is 2.18. The van der Waals surface area contributed by atoms with Gasteiger partial charge in [0.2, 0.25) is 6.08 Å². The van der Waals surface area contributed by atoms with Crippen LogP contribution in [0.2, 0.25) is 0 Å². The summed E-state index contributed by atoms with van der Waals surface area (Å²) in [4.78, 5) is 13.2. The van der Waals surface area contributed by atoms with Gasteiger partial charge in [-0.1, -0.05) is 0 Å². The molecule has 0 radical (unpaired) electrons. The third kappa shape index (κ3) is 1.25. The van der Waals surface area contributed by atoms with Crippen molar-refractivity contribution in [2.75, 3.05) is 0 Å². The topological polar surface area (TPSA) is 29.4 Å². The second kappa shape index (κ2) is 2.58. The highest BCUT2D eigenvalue weighted by molar-refractivity contribution is 7.14. The number of aliphatic imine (C=N–C) groups is 1. The standard InChI is InChI=1S/C6H5NOS/c1-5-2-3-9-6(5)7-4-8/h2-3H,1H3. The Morgan fingerprint density at radius 3 is 3.00 bits per heavy atom. The van der Waals surface area contributed by atoms with Crippen molar-refractivity contribution in [1.29, 1.82) is 0 Å². The summed E-state index contributed by atoms with van der Waals surface area (Å²) >= 11 is 1.44. The first-order chi connectivity index (χ1) is 4.34. The van der Waals surface area contributed by atoms with Crippen molar-refractivity contribution >= 4 is 22.4 Å². The minimum absolute atomic E-state index is 0.755. The van der Waals surface area contributed by atoms with Crippen molar-refractivity contribution in [3.63, 3.8) is 0 Å². The molecule has 0 saturated heterocycles. The normalized spacial score (nSPS) is 8.56. The summed E-state index contributed by atoms with van der Waals surface area (Å²) in [5.41, 5.74) is 1.03. The molecule has 0 unspecified atom stereocenters. The zero-order chi connectivity index (χ0) is 6.69. The van der Waals surface area contributed by atoms with Gasteiger partial charge in [0, 0.05) is 0 Å². The molecule has 0 N–H and O–H groups in total. The molecule has 0 aliphatic rings. The highest BCUT2D eigenvalue weighted by Gasteiger charge is 1.93. The number of hydrogen-bond donors (Lipinski definition) is 0. The third-order valence-corrected chi connectivity index (χ3v) is 1.89. The first-order valence-electron chi connectivity index (χ1n) is 2.46. The fourth-order valence-electron chi connectivity index (χ4n) is 0.521. The molecule has 0 saturated carbocycles. The van der Waals surface area contributed by atoms with Crippen molar-refractivity contribution in [2.45, 2.75) is 6.92 Å². The highest BCUT2D eigenvalue weighted by Crippen LogP contribution is 2.24. The van der Waals surface area contributed by atoms with Crippen LogP contribution in [-0.2, 0) is 4.79 Å². The van der Waals surface area contributed by atoms with Gasteiger partial charge in [-0.05, 0) is 23.9 Å². The van der Waals surface area contributed by atoms with Crippen molar-refractivity contribution in [1.82, 2.24) is 0 Å². The Morgan fingerprint density at radius 1 is 1.78 bits per heavy atom. The lowest BCUT2D eigenvalue weighted by Crippen LogP contribution is -1.58. The molecule has 1 heterocycles. The first-order valence-corrected chi connectivity index (χ1v) is 3.34. The molecule has 3 heteroatoms. The van der Waals surface area contributed by atoms with Crippen LogP contribution in [0.5, 0.6) is 0 Å². The number of nitrogens with zero attached hydrogens (tertiary/aromatic N) is 1. The molecule has 0 atom stereocenters. The minimum Gasteiger partial charge on any atom is -0.211 e. The van der Waals surface area contributed by atoms with Crippen molar-refractivity contribution < 1.29 is 4.79 Å². The van der Waals surface area contributed by atoms with Gasteiger partial charge in [0.05, 0.1) is 0 Å². The second-order valence-corrected chi connectivity index (χ2v) is 2.51. The molecule has 0 aliphatic carbocycles. The first kappa shape index (κ1) is 6.20. The highest BCUT2D eigenvalue weighted by atomic mass is 32.1. The zero-order valence-corrected chi connectivity index (χ0v) is 5.73. The maximum absolute atomic E-state index is 9.74. The lowest BCUT2D eigenvalue weighted by molar-refractivity contribution is 0.565. The molecule has 0 bridgehead atoms. The lowest BCUT2D eigenvalue weighted by atomic mass is 10.4. The van der Waals surface area contributed by atoms with Crippen LogP contribution in [0.1, 0.15) is 5.56 Å². The summed E-state index contributed by atoms with van der Waals surface area (Å²) in [5.74, 6) is 0. The lowest BCUT2D eigenvalue weighted by Gasteiger charge is -1.80. The van der Waals surface area contributed by atoms with E-state index in [9.17, 15) is 4.79 Å². The van der Waals surface area contributed by atoms with E-state index < -0.39 is 0 Å². The molecule has 1 rings (SSSR count). The third-order valence-electron chi connectivity index (χ3n) is 0.982. The van der Waals surface area contributed by atoms with Crippen LogP contribution in [0.15, 0.2) is 16.4 Å². The molecule has 0 fully saturated rings. The smallest absolute Gasteiger partial charge is 0.211 e. The van der Waals surface area contributed by atoms with E-state index in [1.165, 1.54) is 17.4 Å². The van der Waals surface area contributed by atoms with E-state index in [4.69, 9.17) is 0 Å². The number of rotatable bonds is 1. The molecule has 2 nitrogen and oxygen atoms in total. The predicted octanol–water partition coefficient (Wildman–Crippen LogP) is 2.02. The molecular weight excluding hydrogens is 134 g/mol. The van der Waals surface area contributed by atoms with Crippen LogP contribution in [-0.4, -0.2) is 6.08 Å². The van der Waals surface area contributed by atoms with E-state index in [1.807, 2.05) is 18.4 Å². The van der Waals surface area contributed by atoms with Crippen LogP contribution in [0.4, 0.5) is 5.00 Å². The predicted molar refractivity (Wildman–Crippen MR) is 36.8 cm³/mol. The summed E-state index contributed by atoms with van der Waals surface area (Å²) in [6.07, 6.45) is 1.50. The fraction of sp³-hybridized carbons (Fsp3) is 0.167. The number of thiophene rings is 1. The van der Waals surface area contributed by atoms with Gasteiger partial charge in [0.25, 0.3) is 0 Å². The molecule has 0 spiro atoms. The van der Waals surface area contributed by atoms with E-state index >= 15 is 0 Å². The largest absolute Gasteiger partial charge is 0.241 e. The van der Waals surface area contributed by atoms with E-state index in [0.717, 1.165) is 10.6 Å². The van der Waals surface area contributed by atoms with E-state index in [2.05, 4.69) is 4.99 Å². The van der Waals surface area contributed by atoms with E-state index in [0.29, 0.717) is 0 Å². The Labute approximate surface area is 56.9 Å². The van der Waals surface area contributed by atoms with Gasteiger partial charge >= 0.3 is 0 Å². The maximum atomic E-state index is 9.74. The van der Waals surface area contributed by atoms with Gasteiger partial charge in [-0.25, -0.2) is 4.79 Å². The number of hydrogen-bond acceptors (Lipinski definition) is 3.